The van der Waals surface area contributed by atoms with Crippen molar-refractivity contribution in [3.8, 4) is 5.75 Å². The molecule has 2 heterocycles. The lowest BCUT2D eigenvalue weighted by Gasteiger charge is -2.29. The average Bonchev–Trinajstić information content (AvgIpc) is 3.25. The van der Waals surface area contributed by atoms with Gasteiger partial charge in [-0.05, 0) is 48.9 Å². The number of rotatable bonds is 8. The quantitative estimate of drug-likeness (QED) is 0.726. The zero-order valence-electron chi connectivity index (χ0n) is 15.8. The summed E-state index contributed by atoms with van der Waals surface area (Å²) in [5, 5.41) is 12.6. The molecule has 27 heavy (non-hydrogen) atoms. The fourth-order valence-corrected chi connectivity index (χ4v) is 5.89. The van der Waals surface area contributed by atoms with Gasteiger partial charge in [0.05, 0.1) is 11.5 Å². The maximum atomic E-state index is 11.9. The molecule has 0 spiro atoms. The molecular formula is C20H27NO4S2. The van der Waals surface area contributed by atoms with E-state index in [0.29, 0.717) is 19.5 Å². The minimum Gasteiger partial charge on any atom is -0.491 e. The number of hydrogen-bond donors (Lipinski definition) is 1. The van der Waals surface area contributed by atoms with Crippen LogP contribution in [0.3, 0.4) is 0 Å². The van der Waals surface area contributed by atoms with Crippen molar-refractivity contribution >= 4 is 21.2 Å². The lowest BCUT2D eigenvalue weighted by molar-refractivity contribution is 0.0527. The van der Waals surface area contributed by atoms with E-state index in [9.17, 15) is 13.5 Å². The maximum absolute atomic E-state index is 11.9. The van der Waals surface area contributed by atoms with Crippen molar-refractivity contribution < 1.29 is 18.3 Å². The highest BCUT2D eigenvalue weighted by Crippen LogP contribution is 2.23. The Bertz CT molecular complexity index is 849. The Labute approximate surface area is 165 Å². The zero-order chi connectivity index (χ0) is 19.4. The van der Waals surface area contributed by atoms with Crippen LogP contribution < -0.4 is 4.74 Å². The predicted octanol–water partition coefficient (Wildman–Crippen LogP) is 2.79. The van der Waals surface area contributed by atoms with Crippen LogP contribution in [0.5, 0.6) is 5.75 Å². The standard InChI is InChI=1S/C20H27NO4S2/c1-15-5-3-7-20(16(15)2)25-13-18(22)11-21(12-19-6-4-9-26-19)17-8-10-27(23,24)14-17/h3-7,9,17-18,22H,8,10-14H2,1-2H3. The van der Waals surface area contributed by atoms with Crippen LogP contribution in [-0.4, -0.2) is 55.2 Å². The van der Waals surface area contributed by atoms with E-state index in [1.807, 2.05) is 49.6 Å². The molecule has 1 saturated heterocycles. The monoisotopic (exact) mass is 409 g/mol. The van der Waals surface area contributed by atoms with E-state index in [1.165, 1.54) is 4.88 Å². The van der Waals surface area contributed by atoms with Gasteiger partial charge in [-0.3, -0.25) is 4.90 Å². The van der Waals surface area contributed by atoms with Crippen LogP contribution in [-0.2, 0) is 16.4 Å². The second-order valence-electron chi connectivity index (χ2n) is 7.23. The summed E-state index contributed by atoms with van der Waals surface area (Å²) < 4.78 is 29.6. The first-order chi connectivity index (χ1) is 12.8. The van der Waals surface area contributed by atoms with Crippen LogP contribution in [0.2, 0.25) is 0 Å². The van der Waals surface area contributed by atoms with Crippen molar-refractivity contribution in [1.29, 1.82) is 0 Å². The minimum absolute atomic E-state index is 0.0487. The van der Waals surface area contributed by atoms with Crippen molar-refractivity contribution in [1.82, 2.24) is 4.90 Å². The van der Waals surface area contributed by atoms with Gasteiger partial charge in [-0.2, -0.15) is 0 Å². The smallest absolute Gasteiger partial charge is 0.151 e. The van der Waals surface area contributed by atoms with E-state index in [4.69, 9.17) is 4.74 Å². The number of aliphatic hydroxyl groups is 1. The van der Waals surface area contributed by atoms with E-state index in [-0.39, 0.29) is 24.2 Å². The van der Waals surface area contributed by atoms with Crippen molar-refractivity contribution in [3.05, 3.63) is 51.7 Å². The lowest BCUT2D eigenvalue weighted by Crippen LogP contribution is -2.42. The molecule has 1 aliphatic heterocycles. The van der Waals surface area contributed by atoms with E-state index < -0.39 is 15.9 Å². The number of ether oxygens (including phenoxy) is 1. The van der Waals surface area contributed by atoms with Crippen LogP contribution in [0.15, 0.2) is 35.7 Å². The fourth-order valence-electron chi connectivity index (χ4n) is 3.40. The maximum Gasteiger partial charge on any atom is 0.151 e. The summed E-state index contributed by atoms with van der Waals surface area (Å²) in [6, 6.07) is 9.86. The minimum atomic E-state index is -2.97. The van der Waals surface area contributed by atoms with Gasteiger partial charge in [-0.25, -0.2) is 8.42 Å². The summed E-state index contributed by atoms with van der Waals surface area (Å²) in [4.78, 5) is 3.26. The highest BCUT2D eigenvalue weighted by atomic mass is 32.2. The van der Waals surface area contributed by atoms with Crippen molar-refractivity contribution in [2.75, 3.05) is 24.7 Å². The lowest BCUT2D eigenvalue weighted by atomic mass is 10.1. The van der Waals surface area contributed by atoms with Gasteiger partial charge in [0.1, 0.15) is 18.5 Å². The molecule has 2 atom stereocenters. The Kier molecular flexibility index (Phi) is 6.57. The number of aryl methyl sites for hydroxylation is 1. The van der Waals surface area contributed by atoms with Crippen molar-refractivity contribution in [2.24, 2.45) is 0 Å². The molecule has 5 nitrogen and oxygen atoms in total. The fraction of sp³-hybridized carbons (Fsp3) is 0.500. The van der Waals surface area contributed by atoms with Gasteiger partial charge in [0, 0.05) is 24.0 Å². The predicted molar refractivity (Wildman–Crippen MR) is 109 cm³/mol. The summed E-state index contributed by atoms with van der Waals surface area (Å²) >= 11 is 1.65. The van der Waals surface area contributed by atoms with Crippen LogP contribution in [0.4, 0.5) is 0 Å². The molecule has 0 radical (unpaired) electrons. The summed E-state index contributed by atoms with van der Waals surface area (Å²) in [5.74, 6) is 1.18. The normalized spacial score (nSPS) is 20.1. The Morgan fingerprint density at radius 3 is 2.78 bits per heavy atom. The Balaban J connectivity index is 1.63. The first kappa shape index (κ1) is 20.3. The number of nitrogens with zero attached hydrogens (tertiary/aromatic N) is 1. The Morgan fingerprint density at radius 2 is 2.11 bits per heavy atom. The van der Waals surface area contributed by atoms with Crippen LogP contribution in [0.25, 0.3) is 0 Å². The van der Waals surface area contributed by atoms with Gasteiger partial charge in [-0.15, -0.1) is 11.3 Å². The molecule has 0 saturated carbocycles. The second-order valence-corrected chi connectivity index (χ2v) is 10.5. The van der Waals surface area contributed by atoms with Crippen molar-refractivity contribution in [2.45, 2.75) is 39.0 Å². The average molecular weight is 410 g/mol. The van der Waals surface area contributed by atoms with Crippen LogP contribution >= 0.6 is 11.3 Å². The highest BCUT2D eigenvalue weighted by Gasteiger charge is 2.33. The molecule has 3 rings (SSSR count). The Hall–Kier alpha value is -1.41. The van der Waals surface area contributed by atoms with Gasteiger partial charge >= 0.3 is 0 Å². The van der Waals surface area contributed by atoms with Gasteiger partial charge < -0.3 is 9.84 Å². The zero-order valence-corrected chi connectivity index (χ0v) is 17.4. The van der Waals surface area contributed by atoms with Crippen LogP contribution in [0, 0.1) is 13.8 Å². The molecule has 1 aromatic heterocycles. The Morgan fingerprint density at radius 1 is 1.30 bits per heavy atom. The second kappa shape index (κ2) is 8.73. The number of benzene rings is 1. The summed E-state index contributed by atoms with van der Waals surface area (Å²) in [5.41, 5.74) is 2.22. The summed E-state index contributed by atoms with van der Waals surface area (Å²) in [6.45, 7) is 5.26. The third-order valence-electron chi connectivity index (χ3n) is 5.10. The van der Waals surface area contributed by atoms with E-state index in [2.05, 4.69) is 4.90 Å². The molecule has 7 heteroatoms. The molecule has 2 aromatic rings. The molecule has 0 aliphatic carbocycles. The van der Waals surface area contributed by atoms with Crippen molar-refractivity contribution in [3.63, 3.8) is 0 Å². The molecular weight excluding hydrogens is 382 g/mol. The largest absolute Gasteiger partial charge is 0.491 e. The first-order valence-corrected chi connectivity index (χ1v) is 11.9. The first-order valence-electron chi connectivity index (χ1n) is 9.18. The molecule has 2 unspecified atom stereocenters. The van der Waals surface area contributed by atoms with E-state index in [1.54, 1.807) is 11.3 Å². The topological polar surface area (TPSA) is 66.8 Å². The summed E-state index contributed by atoms with van der Waals surface area (Å²) in [6.07, 6.45) is -0.0636. The number of hydrogen-bond acceptors (Lipinski definition) is 6. The van der Waals surface area contributed by atoms with Crippen LogP contribution in [0.1, 0.15) is 22.4 Å². The third-order valence-corrected chi connectivity index (χ3v) is 7.71. The highest BCUT2D eigenvalue weighted by molar-refractivity contribution is 7.91. The number of thiophene rings is 1. The molecule has 1 aliphatic rings. The molecule has 148 valence electrons. The number of aliphatic hydroxyl groups excluding tert-OH is 1. The molecule has 1 aromatic carbocycles. The van der Waals surface area contributed by atoms with Gasteiger partial charge in [-0.1, -0.05) is 18.2 Å². The van der Waals surface area contributed by atoms with Gasteiger partial charge in [0.2, 0.25) is 0 Å². The summed E-state index contributed by atoms with van der Waals surface area (Å²) in [7, 11) is -2.97. The van der Waals surface area contributed by atoms with Gasteiger partial charge in [0.25, 0.3) is 0 Å². The van der Waals surface area contributed by atoms with Gasteiger partial charge in [0.15, 0.2) is 9.84 Å². The molecule has 1 N–H and O–H groups in total. The number of sulfone groups is 1. The van der Waals surface area contributed by atoms with E-state index in [0.717, 1.165) is 16.9 Å². The molecule has 1 fully saturated rings. The van der Waals surface area contributed by atoms with E-state index >= 15 is 0 Å². The molecule has 0 amide bonds. The third kappa shape index (κ3) is 5.54. The SMILES string of the molecule is Cc1cccc(OCC(O)CN(Cc2cccs2)C2CCS(=O)(=O)C2)c1C. The molecule has 0 bridgehead atoms.